The third-order valence-corrected chi connectivity index (χ3v) is 4.55. The summed E-state index contributed by atoms with van der Waals surface area (Å²) in [6.45, 7) is 13.1. The molecule has 1 fully saturated rings. The molecule has 2 N–H and O–H groups in total. The zero-order valence-corrected chi connectivity index (χ0v) is 22.1. The molecule has 0 aliphatic carbocycles. The minimum Gasteiger partial charge on any atom is -0.444 e. The van der Waals surface area contributed by atoms with E-state index in [-0.39, 0.29) is 50.3 Å². The quantitative estimate of drug-likeness (QED) is 0.511. The number of nitrogens with zero attached hydrogens (tertiary/aromatic N) is 3. The number of imidazole rings is 1. The fourth-order valence-corrected chi connectivity index (χ4v) is 3.47. The van der Waals surface area contributed by atoms with Crippen molar-refractivity contribution in [2.75, 3.05) is 18.0 Å². The number of hydrogen-bond donors (Lipinski definition) is 2. The second kappa shape index (κ2) is 10.0. The number of carbonyl (C=O) groups excluding carboxylic acids is 1. The van der Waals surface area contributed by atoms with Gasteiger partial charge in [0.2, 0.25) is 0 Å². The van der Waals surface area contributed by atoms with Crippen LogP contribution in [0, 0.1) is 52.4 Å². The molecule has 3 heterocycles. The number of anilines is 1. The molecule has 9 heteroatoms. The standard InChI is InChI=1S/C19H28N5O3.CH3.U/c1-6-24-16-15(22-17(24)25)14(10-12(2)20-16)23-9-7-8-13(11-23)21-18(26)27-19(3,4)5;;/h10,13H,1,6-9,11H2,2-5H3,(H,21,26)(H,22,25);1H3;/q2*-1;+2/t13-;;/m1../s1. The van der Waals surface area contributed by atoms with Crippen LogP contribution < -0.4 is 15.9 Å². The van der Waals surface area contributed by atoms with Crippen LogP contribution in [0.2, 0.25) is 0 Å². The van der Waals surface area contributed by atoms with Crippen molar-refractivity contribution >= 4 is 22.9 Å². The van der Waals surface area contributed by atoms with Gasteiger partial charge in [-0.3, -0.25) is 0 Å². The number of alkyl carbamates (subject to hydrolysis) is 1. The second-order valence-electron chi connectivity index (χ2n) is 7.99. The number of aryl methyl sites for hydroxylation is 1. The third kappa shape index (κ3) is 6.02. The average Bonchev–Trinajstić information content (AvgIpc) is 2.87. The summed E-state index contributed by atoms with van der Waals surface area (Å²) < 4.78 is 6.90. The van der Waals surface area contributed by atoms with Gasteiger partial charge in [-0.15, -0.1) is 0 Å². The molecule has 0 bridgehead atoms. The number of aromatic amines is 1. The van der Waals surface area contributed by atoms with E-state index in [4.69, 9.17) is 4.74 Å². The van der Waals surface area contributed by atoms with Crippen LogP contribution in [-0.2, 0) is 11.3 Å². The summed E-state index contributed by atoms with van der Waals surface area (Å²) >= 11 is 0. The van der Waals surface area contributed by atoms with E-state index in [9.17, 15) is 9.59 Å². The van der Waals surface area contributed by atoms with Crippen molar-refractivity contribution in [3.63, 3.8) is 0 Å². The van der Waals surface area contributed by atoms with E-state index in [0.717, 1.165) is 30.8 Å². The molecule has 2 aromatic heterocycles. The van der Waals surface area contributed by atoms with Gasteiger partial charge in [-0.1, -0.05) is 6.54 Å². The predicted octanol–water partition coefficient (Wildman–Crippen LogP) is 2.81. The second-order valence-corrected chi connectivity index (χ2v) is 7.99. The molecular formula is C20H31N5O3U. The van der Waals surface area contributed by atoms with Crippen LogP contribution in [0.15, 0.2) is 10.9 Å². The number of pyridine rings is 1. The fraction of sp³-hybridized carbons (Fsp3) is 0.550. The van der Waals surface area contributed by atoms with Crippen LogP contribution in [0.1, 0.15) is 39.3 Å². The van der Waals surface area contributed by atoms with Gasteiger partial charge in [-0.05, 0) is 46.6 Å². The van der Waals surface area contributed by atoms with E-state index in [2.05, 4.69) is 27.1 Å². The van der Waals surface area contributed by atoms with Gasteiger partial charge in [0.25, 0.3) is 0 Å². The van der Waals surface area contributed by atoms with E-state index >= 15 is 0 Å². The average molecular weight is 628 g/mol. The van der Waals surface area contributed by atoms with Crippen molar-refractivity contribution in [3.05, 3.63) is 36.6 Å². The van der Waals surface area contributed by atoms with Gasteiger partial charge in [0.1, 0.15) is 11.1 Å². The maximum atomic E-state index is 12.2. The molecule has 1 aliphatic heterocycles. The van der Waals surface area contributed by atoms with Crippen molar-refractivity contribution in [2.45, 2.75) is 58.7 Å². The first-order valence-electron chi connectivity index (χ1n) is 9.32. The largest absolute Gasteiger partial charge is 2.00 e. The van der Waals surface area contributed by atoms with Crippen molar-refractivity contribution in [1.29, 1.82) is 0 Å². The van der Waals surface area contributed by atoms with Gasteiger partial charge in [-0.2, -0.15) is 0 Å². The van der Waals surface area contributed by atoms with Gasteiger partial charge >= 0.3 is 42.9 Å². The first-order chi connectivity index (χ1) is 12.7. The number of ether oxygens (including phenoxy) is 1. The summed E-state index contributed by atoms with van der Waals surface area (Å²) in [6.07, 6.45) is 1.42. The molecule has 8 nitrogen and oxygen atoms in total. The number of amides is 1. The predicted molar refractivity (Wildman–Crippen MR) is 111 cm³/mol. The number of fused-ring (bicyclic) bond motifs is 1. The Hall–Kier alpha value is -1.46. The molecule has 158 valence electrons. The molecule has 0 saturated carbocycles. The SMILES string of the molecule is [CH2-]Cn1c(=O)[nH]c2c(N3CCC[C@@H](NC(=O)OC(C)(C)C)C3)cc(C)nc21.[CH3-].[U+2]. The number of rotatable bonds is 3. The van der Waals surface area contributed by atoms with Gasteiger partial charge in [0.05, 0.1) is 5.69 Å². The fourth-order valence-electron chi connectivity index (χ4n) is 3.47. The Labute approximate surface area is 196 Å². The molecule has 3 rings (SSSR count). The summed E-state index contributed by atoms with van der Waals surface area (Å²) in [7, 11) is 0. The Morgan fingerprint density at radius 2 is 2.14 bits per heavy atom. The molecule has 0 aromatic carbocycles. The van der Waals surface area contributed by atoms with Crippen molar-refractivity contribution in [3.8, 4) is 0 Å². The van der Waals surface area contributed by atoms with Crippen LogP contribution in [0.4, 0.5) is 10.5 Å². The van der Waals surface area contributed by atoms with Crippen molar-refractivity contribution in [1.82, 2.24) is 19.9 Å². The first-order valence-corrected chi connectivity index (χ1v) is 9.32. The Kier molecular flexibility index (Phi) is 8.85. The Balaban J connectivity index is 0.00000210. The molecule has 1 saturated heterocycles. The number of piperidine rings is 1. The molecule has 1 atom stereocenters. The molecule has 2 aromatic rings. The summed E-state index contributed by atoms with van der Waals surface area (Å²) in [5.41, 5.74) is 2.36. The zero-order valence-electron chi connectivity index (χ0n) is 18.0. The van der Waals surface area contributed by atoms with Crippen LogP contribution in [0.5, 0.6) is 0 Å². The molecule has 1 amide bonds. The number of carbonyl (C=O) groups is 1. The number of hydrogen-bond acceptors (Lipinski definition) is 5. The molecular weight excluding hydrogens is 596 g/mol. The minimum absolute atomic E-state index is 0. The van der Waals surface area contributed by atoms with Crippen LogP contribution in [-0.4, -0.2) is 45.4 Å². The molecule has 0 radical (unpaired) electrons. The van der Waals surface area contributed by atoms with Gasteiger partial charge in [0.15, 0.2) is 5.65 Å². The first kappa shape index (κ1) is 25.6. The maximum absolute atomic E-state index is 12.2. The van der Waals surface area contributed by atoms with Crippen molar-refractivity contribution in [2.24, 2.45) is 0 Å². The van der Waals surface area contributed by atoms with E-state index in [1.165, 1.54) is 4.57 Å². The van der Waals surface area contributed by atoms with Crippen LogP contribution in [0.3, 0.4) is 0 Å². The van der Waals surface area contributed by atoms with Crippen LogP contribution in [0.25, 0.3) is 11.2 Å². The zero-order chi connectivity index (χ0) is 19.8. The molecule has 0 spiro atoms. The van der Waals surface area contributed by atoms with Gasteiger partial charge in [-0.25, -0.2) is 14.6 Å². The van der Waals surface area contributed by atoms with Crippen molar-refractivity contribution < 1.29 is 40.6 Å². The number of aromatic nitrogens is 3. The Morgan fingerprint density at radius 3 is 2.76 bits per heavy atom. The number of nitrogens with one attached hydrogen (secondary N) is 2. The Bertz CT molecular complexity index is 900. The topological polar surface area (TPSA) is 92.2 Å². The van der Waals surface area contributed by atoms with E-state index in [1.54, 1.807) is 0 Å². The summed E-state index contributed by atoms with van der Waals surface area (Å²) in [4.78, 5) is 33.9. The maximum Gasteiger partial charge on any atom is 2.00 e. The smallest absolute Gasteiger partial charge is 0.444 e. The molecule has 29 heavy (non-hydrogen) atoms. The van der Waals surface area contributed by atoms with Gasteiger partial charge in [0, 0.05) is 24.8 Å². The number of H-pyrrole nitrogens is 1. The van der Waals surface area contributed by atoms with E-state index in [1.807, 2.05) is 33.8 Å². The van der Waals surface area contributed by atoms with Gasteiger partial charge < -0.3 is 38.9 Å². The summed E-state index contributed by atoms with van der Waals surface area (Å²) in [5.74, 6) is 0. The van der Waals surface area contributed by atoms with E-state index in [0.29, 0.717) is 24.3 Å². The Morgan fingerprint density at radius 1 is 1.45 bits per heavy atom. The summed E-state index contributed by atoms with van der Waals surface area (Å²) in [5, 5.41) is 2.96. The minimum atomic E-state index is -0.524. The monoisotopic (exact) mass is 627 g/mol. The molecule has 1 aliphatic rings. The third-order valence-electron chi connectivity index (χ3n) is 4.55. The van der Waals surface area contributed by atoms with E-state index < -0.39 is 11.7 Å². The molecule has 0 unspecified atom stereocenters. The van der Waals surface area contributed by atoms with Crippen LogP contribution >= 0.6 is 0 Å². The normalized spacial score (nSPS) is 16.7. The summed E-state index contributed by atoms with van der Waals surface area (Å²) in [6, 6.07) is 1.96.